The summed E-state index contributed by atoms with van der Waals surface area (Å²) in [5.41, 5.74) is 7.55. The van der Waals surface area contributed by atoms with Crippen molar-refractivity contribution in [2.24, 2.45) is 0 Å². The number of aromatic nitrogens is 3. The Balaban J connectivity index is 2.35. The van der Waals surface area contributed by atoms with E-state index in [4.69, 9.17) is 28.9 Å². The molecule has 0 fully saturated rings. The molecule has 0 amide bonds. The van der Waals surface area contributed by atoms with Crippen LogP contribution < -0.4 is 5.73 Å². The van der Waals surface area contributed by atoms with Crippen molar-refractivity contribution in [2.75, 3.05) is 5.73 Å². The molecule has 0 aliphatic heterocycles. The molecule has 0 saturated carbocycles. The van der Waals surface area contributed by atoms with Crippen molar-refractivity contribution < 1.29 is 0 Å². The molecule has 90 valence electrons. The Hall–Kier alpha value is -1.78. The van der Waals surface area contributed by atoms with Crippen LogP contribution in [0.2, 0.25) is 10.3 Å². The zero-order valence-corrected chi connectivity index (χ0v) is 10.7. The lowest BCUT2D eigenvalue weighted by Gasteiger charge is -2.05. The van der Waals surface area contributed by atoms with Crippen molar-refractivity contribution in [3.05, 3.63) is 47.0 Å². The number of nitrogen functional groups attached to an aromatic ring is 1. The van der Waals surface area contributed by atoms with Gasteiger partial charge in [-0.1, -0.05) is 29.8 Å². The average Bonchev–Trinajstić information content (AvgIpc) is 2.71. The Bertz CT molecular complexity index is 736. The minimum atomic E-state index is 0.144. The van der Waals surface area contributed by atoms with Gasteiger partial charge in [-0.15, -0.1) is 0 Å². The normalized spacial score (nSPS) is 11.0. The second-order valence-electron chi connectivity index (χ2n) is 3.78. The largest absolute Gasteiger partial charge is 0.397 e. The van der Waals surface area contributed by atoms with Crippen LogP contribution in [0.3, 0.4) is 0 Å². The predicted octanol–water partition coefficient (Wildman–Crippen LogP) is 3.31. The topological polar surface area (TPSA) is 56.7 Å². The summed E-state index contributed by atoms with van der Waals surface area (Å²) in [6, 6.07) is 7.74. The number of anilines is 1. The lowest BCUT2D eigenvalue weighted by molar-refractivity contribution is 1.01. The fourth-order valence-electron chi connectivity index (χ4n) is 1.89. The molecule has 4 nitrogen and oxygen atoms in total. The number of rotatable bonds is 1. The van der Waals surface area contributed by atoms with E-state index in [-0.39, 0.29) is 5.28 Å². The van der Waals surface area contributed by atoms with Crippen LogP contribution in [0.4, 0.5) is 5.69 Å². The van der Waals surface area contributed by atoms with Crippen LogP contribution >= 0.6 is 23.2 Å². The molecule has 0 atom stereocenters. The van der Waals surface area contributed by atoms with Crippen LogP contribution in [0, 0.1) is 0 Å². The van der Waals surface area contributed by atoms with Gasteiger partial charge in [0.25, 0.3) is 0 Å². The molecular weight excluding hydrogens is 271 g/mol. The third kappa shape index (κ3) is 1.70. The Kier molecular flexibility index (Phi) is 2.61. The molecule has 6 heteroatoms. The van der Waals surface area contributed by atoms with Gasteiger partial charge in [-0.2, -0.15) is 4.98 Å². The predicted molar refractivity (Wildman–Crippen MR) is 73.3 cm³/mol. The zero-order valence-electron chi connectivity index (χ0n) is 9.14. The van der Waals surface area contributed by atoms with Gasteiger partial charge < -0.3 is 5.73 Å². The number of fused-ring (bicyclic) bond motifs is 1. The average molecular weight is 279 g/mol. The second-order valence-corrected chi connectivity index (χ2v) is 4.53. The van der Waals surface area contributed by atoms with Crippen molar-refractivity contribution in [1.82, 2.24) is 14.5 Å². The maximum atomic E-state index is 6.10. The minimum absolute atomic E-state index is 0.144. The van der Waals surface area contributed by atoms with Gasteiger partial charge in [0, 0.05) is 11.6 Å². The number of nitrogens with two attached hydrogens (primary N) is 1. The first-order chi connectivity index (χ1) is 8.66. The molecule has 0 aliphatic rings. The highest BCUT2D eigenvalue weighted by Crippen LogP contribution is 2.28. The highest BCUT2D eigenvalue weighted by molar-refractivity contribution is 6.33. The van der Waals surface area contributed by atoms with E-state index >= 15 is 0 Å². The van der Waals surface area contributed by atoms with Crippen LogP contribution in [-0.4, -0.2) is 14.5 Å². The summed E-state index contributed by atoms with van der Waals surface area (Å²) in [5.74, 6) is 0.518. The third-order valence-corrected chi connectivity index (χ3v) is 3.12. The molecule has 2 heterocycles. The number of hydrogen-bond acceptors (Lipinski definition) is 3. The van der Waals surface area contributed by atoms with Crippen LogP contribution in [0.1, 0.15) is 0 Å². The highest BCUT2D eigenvalue weighted by Gasteiger charge is 2.12. The van der Waals surface area contributed by atoms with Gasteiger partial charge in [-0.05, 0) is 17.7 Å². The molecule has 0 bridgehead atoms. The first-order valence-electron chi connectivity index (χ1n) is 5.21. The zero-order chi connectivity index (χ0) is 12.7. The molecular formula is C12H8Cl2N4. The number of hydrogen-bond donors (Lipinski definition) is 1. The summed E-state index contributed by atoms with van der Waals surface area (Å²) < 4.78 is 1.81. The molecule has 3 rings (SSSR count). The van der Waals surface area contributed by atoms with Crippen LogP contribution in [-0.2, 0) is 0 Å². The summed E-state index contributed by atoms with van der Waals surface area (Å²) in [5, 5.41) is 1.51. The van der Waals surface area contributed by atoms with E-state index in [1.54, 1.807) is 10.8 Å². The minimum Gasteiger partial charge on any atom is -0.397 e. The number of benzene rings is 1. The first kappa shape index (κ1) is 11.3. The van der Waals surface area contributed by atoms with Crippen LogP contribution in [0.15, 0.2) is 36.7 Å². The monoisotopic (exact) mass is 278 g/mol. The van der Waals surface area contributed by atoms with Gasteiger partial charge in [-0.3, -0.25) is 4.57 Å². The van der Waals surface area contributed by atoms with Gasteiger partial charge in [0.1, 0.15) is 5.02 Å². The van der Waals surface area contributed by atoms with E-state index in [0.29, 0.717) is 16.5 Å². The summed E-state index contributed by atoms with van der Waals surface area (Å²) in [4.78, 5) is 7.97. The smallest absolute Gasteiger partial charge is 0.224 e. The molecule has 2 aromatic heterocycles. The maximum absolute atomic E-state index is 6.10. The van der Waals surface area contributed by atoms with Crippen molar-refractivity contribution in [1.29, 1.82) is 0 Å². The molecule has 0 radical (unpaired) electrons. The van der Waals surface area contributed by atoms with E-state index in [1.807, 2.05) is 24.3 Å². The molecule has 0 unspecified atom stereocenters. The van der Waals surface area contributed by atoms with Gasteiger partial charge in [0.05, 0.1) is 17.4 Å². The summed E-state index contributed by atoms with van der Waals surface area (Å²) >= 11 is 11.9. The molecule has 0 aliphatic carbocycles. The van der Waals surface area contributed by atoms with Gasteiger partial charge in [-0.25, -0.2) is 4.98 Å². The number of para-hydroxylation sites is 1. The van der Waals surface area contributed by atoms with Crippen LogP contribution in [0.25, 0.3) is 16.7 Å². The standard InChI is InChI=1S/C12H8Cl2N4/c13-8-5-16-12(14)17-11(8)18-6-9(15)7-3-1-2-4-10(7)18/h1-6H,15H2. The molecule has 0 spiro atoms. The highest BCUT2D eigenvalue weighted by atomic mass is 35.5. The Morgan fingerprint density at radius 1 is 1.17 bits per heavy atom. The van der Waals surface area contributed by atoms with Crippen molar-refractivity contribution >= 4 is 39.8 Å². The van der Waals surface area contributed by atoms with Gasteiger partial charge in [0.2, 0.25) is 5.28 Å². The Labute approximate surface area is 113 Å². The Morgan fingerprint density at radius 2 is 1.94 bits per heavy atom. The van der Waals surface area contributed by atoms with Gasteiger partial charge in [0.15, 0.2) is 5.82 Å². The van der Waals surface area contributed by atoms with Crippen LogP contribution in [0.5, 0.6) is 0 Å². The van der Waals surface area contributed by atoms with Crippen molar-refractivity contribution in [3.63, 3.8) is 0 Å². The molecule has 2 N–H and O–H groups in total. The van der Waals surface area contributed by atoms with E-state index in [0.717, 1.165) is 10.9 Å². The first-order valence-corrected chi connectivity index (χ1v) is 5.96. The lowest BCUT2D eigenvalue weighted by atomic mass is 10.2. The van der Waals surface area contributed by atoms with E-state index in [9.17, 15) is 0 Å². The lowest BCUT2D eigenvalue weighted by Crippen LogP contribution is -1.98. The molecule has 0 saturated heterocycles. The fraction of sp³-hybridized carbons (Fsp3) is 0. The van der Waals surface area contributed by atoms with E-state index in [1.165, 1.54) is 6.20 Å². The SMILES string of the molecule is Nc1cn(-c2nc(Cl)ncc2Cl)c2ccccc12. The fourth-order valence-corrected chi connectivity index (χ4v) is 2.20. The quantitative estimate of drug-likeness (QED) is 0.695. The summed E-state index contributed by atoms with van der Waals surface area (Å²) in [7, 11) is 0. The van der Waals surface area contributed by atoms with E-state index in [2.05, 4.69) is 9.97 Å². The van der Waals surface area contributed by atoms with Gasteiger partial charge >= 0.3 is 0 Å². The summed E-state index contributed by atoms with van der Waals surface area (Å²) in [6.45, 7) is 0. The third-order valence-electron chi connectivity index (χ3n) is 2.67. The maximum Gasteiger partial charge on any atom is 0.224 e. The second kappa shape index (κ2) is 4.15. The van der Waals surface area contributed by atoms with E-state index < -0.39 is 0 Å². The molecule has 18 heavy (non-hydrogen) atoms. The number of nitrogens with zero attached hydrogens (tertiary/aromatic N) is 3. The Morgan fingerprint density at radius 3 is 2.78 bits per heavy atom. The summed E-state index contributed by atoms with van der Waals surface area (Å²) in [6.07, 6.45) is 3.24. The van der Waals surface area contributed by atoms with Crippen molar-refractivity contribution in [3.8, 4) is 5.82 Å². The number of halogens is 2. The van der Waals surface area contributed by atoms with Crippen molar-refractivity contribution in [2.45, 2.75) is 0 Å². The molecule has 3 aromatic rings. The molecule has 1 aromatic carbocycles.